The summed E-state index contributed by atoms with van der Waals surface area (Å²) in [5.74, 6) is -0.798. The summed E-state index contributed by atoms with van der Waals surface area (Å²) in [4.78, 5) is 35.2. The Morgan fingerprint density at radius 3 is 3.05 bits per heavy atom. The number of esters is 1. The molecule has 21 heavy (non-hydrogen) atoms. The minimum Gasteiger partial charge on any atom is -0.484 e. The molecule has 112 valence electrons. The van der Waals surface area contributed by atoms with Crippen molar-refractivity contribution in [1.82, 2.24) is 15.3 Å². The molecular weight excluding hydrogens is 278 g/mol. The molecule has 2 atom stereocenters. The summed E-state index contributed by atoms with van der Waals surface area (Å²) in [7, 11) is 1.30. The number of carbonyl (C=O) groups excluding carboxylic acids is 3. The second-order valence-corrected chi connectivity index (χ2v) is 4.95. The van der Waals surface area contributed by atoms with Crippen molar-refractivity contribution in [2.45, 2.75) is 12.6 Å². The zero-order valence-electron chi connectivity index (χ0n) is 11.4. The van der Waals surface area contributed by atoms with Gasteiger partial charge in [-0.25, -0.2) is 0 Å². The van der Waals surface area contributed by atoms with Crippen molar-refractivity contribution in [2.24, 2.45) is 5.92 Å². The number of morpholine rings is 1. The van der Waals surface area contributed by atoms with Gasteiger partial charge in [-0.15, -0.1) is 0 Å². The molecule has 3 aliphatic rings. The van der Waals surface area contributed by atoms with Crippen LogP contribution >= 0.6 is 0 Å². The zero-order chi connectivity index (χ0) is 15.0. The van der Waals surface area contributed by atoms with Crippen LogP contribution in [0.5, 0.6) is 0 Å². The molecule has 3 rings (SSSR count). The first-order valence-corrected chi connectivity index (χ1v) is 6.57. The molecule has 3 aliphatic heterocycles. The topological polar surface area (TPSA) is 88.2 Å². The van der Waals surface area contributed by atoms with Gasteiger partial charge in [0.25, 0.3) is 5.91 Å². The van der Waals surface area contributed by atoms with Crippen LogP contribution < -0.4 is 5.32 Å². The lowest BCUT2D eigenvalue weighted by atomic mass is 10.1. The van der Waals surface area contributed by atoms with Crippen LogP contribution in [0, 0.1) is 5.92 Å². The van der Waals surface area contributed by atoms with E-state index in [0.717, 1.165) is 0 Å². The van der Waals surface area contributed by atoms with Gasteiger partial charge in [-0.2, -0.15) is 0 Å². The fraction of sp³-hybridized carbons (Fsp3) is 0.462. The van der Waals surface area contributed by atoms with Crippen LogP contribution in [0.15, 0.2) is 24.1 Å². The van der Waals surface area contributed by atoms with Crippen LogP contribution in [0.1, 0.15) is 6.42 Å². The number of ether oxygens (including phenoxy) is 2. The summed E-state index contributed by atoms with van der Waals surface area (Å²) in [5, 5.41) is 5.77. The number of hydrazine groups is 1. The number of carbonyl (C=O) groups is 3. The first kappa shape index (κ1) is 13.5. The third-order valence-corrected chi connectivity index (χ3v) is 3.62. The molecule has 0 radical (unpaired) electrons. The first-order valence-electron chi connectivity index (χ1n) is 6.57. The number of hydrogen-bond acceptors (Lipinski definition) is 6. The number of nitrogens with zero attached hydrogens (tertiary/aromatic N) is 2. The zero-order valence-corrected chi connectivity index (χ0v) is 11.4. The quantitative estimate of drug-likeness (QED) is 0.664. The number of amides is 2. The smallest absolute Gasteiger partial charge is 0.311 e. The first-order chi connectivity index (χ1) is 10.1. The summed E-state index contributed by atoms with van der Waals surface area (Å²) in [6.45, 7) is 0.179. The standard InChI is InChI=1S/C13H15N3O5/c1-20-13(19)8-5-11(18)16(6-8)15-4-2-3-9-12(15)14-10(17)7-21-9/h2-4,8,12H,5-7H2,1H3,(H,14,17). The number of allylic oxidation sites excluding steroid dienone is 2. The lowest BCUT2D eigenvalue weighted by molar-refractivity contribution is -0.150. The molecule has 8 nitrogen and oxygen atoms in total. The number of methoxy groups -OCH3 is 1. The van der Waals surface area contributed by atoms with Crippen molar-refractivity contribution in [3.8, 4) is 0 Å². The minimum atomic E-state index is -0.559. The Balaban J connectivity index is 1.79. The Kier molecular flexibility index (Phi) is 3.28. The van der Waals surface area contributed by atoms with E-state index in [1.54, 1.807) is 23.4 Å². The van der Waals surface area contributed by atoms with Crippen LogP contribution in [0.4, 0.5) is 0 Å². The van der Waals surface area contributed by atoms with Gasteiger partial charge in [0.05, 0.1) is 19.6 Å². The maximum absolute atomic E-state index is 12.1. The van der Waals surface area contributed by atoms with E-state index in [1.807, 2.05) is 0 Å². The molecule has 0 saturated carbocycles. The van der Waals surface area contributed by atoms with Gasteiger partial charge < -0.3 is 14.8 Å². The Morgan fingerprint density at radius 2 is 2.29 bits per heavy atom. The highest BCUT2D eigenvalue weighted by Crippen LogP contribution is 2.27. The summed E-state index contributed by atoms with van der Waals surface area (Å²) < 4.78 is 10.0. The molecule has 8 heteroatoms. The van der Waals surface area contributed by atoms with E-state index in [4.69, 9.17) is 4.74 Å². The summed E-state index contributed by atoms with van der Waals surface area (Å²) in [6, 6.07) is 0. The molecule has 2 saturated heterocycles. The largest absolute Gasteiger partial charge is 0.484 e. The third-order valence-electron chi connectivity index (χ3n) is 3.62. The van der Waals surface area contributed by atoms with Crippen LogP contribution in [-0.4, -0.2) is 54.2 Å². The van der Waals surface area contributed by atoms with Gasteiger partial charge in [0.15, 0.2) is 12.8 Å². The maximum Gasteiger partial charge on any atom is 0.311 e. The Morgan fingerprint density at radius 1 is 1.48 bits per heavy atom. The van der Waals surface area contributed by atoms with Crippen molar-refractivity contribution >= 4 is 17.8 Å². The third kappa shape index (κ3) is 2.32. The van der Waals surface area contributed by atoms with Gasteiger partial charge in [0, 0.05) is 12.6 Å². The number of nitrogens with one attached hydrogen (secondary N) is 1. The van der Waals surface area contributed by atoms with Gasteiger partial charge in [0.2, 0.25) is 5.91 Å². The van der Waals surface area contributed by atoms with E-state index < -0.39 is 18.1 Å². The van der Waals surface area contributed by atoms with E-state index in [1.165, 1.54) is 12.1 Å². The molecule has 2 unspecified atom stereocenters. The van der Waals surface area contributed by atoms with E-state index in [0.29, 0.717) is 5.76 Å². The molecule has 0 spiro atoms. The van der Waals surface area contributed by atoms with Crippen LogP contribution in [0.25, 0.3) is 0 Å². The number of rotatable bonds is 2. The second kappa shape index (κ2) is 5.12. The predicted octanol–water partition coefficient (Wildman–Crippen LogP) is -0.891. The normalized spacial score (nSPS) is 27.8. The van der Waals surface area contributed by atoms with Gasteiger partial charge in [-0.05, 0) is 12.2 Å². The Labute approximate surface area is 120 Å². The van der Waals surface area contributed by atoms with Gasteiger partial charge in [0.1, 0.15) is 5.76 Å². The van der Waals surface area contributed by atoms with Crippen molar-refractivity contribution in [3.63, 3.8) is 0 Å². The van der Waals surface area contributed by atoms with Gasteiger partial charge in [-0.3, -0.25) is 24.4 Å². The van der Waals surface area contributed by atoms with Crippen molar-refractivity contribution in [2.75, 3.05) is 20.3 Å². The molecule has 2 fully saturated rings. The second-order valence-electron chi connectivity index (χ2n) is 4.95. The summed E-state index contributed by atoms with van der Waals surface area (Å²) in [6.07, 6.45) is 4.66. The molecule has 0 aliphatic carbocycles. The highest BCUT2D eigenvalue weighted by Gasteiger charge is 2.42. The summed E-state index contributed by atoms with van der Waals surface area (Å²) >= 11 is 0. The molecule has 0 bridgehead atoms. The fourth-order valence-electron chi connectivity index (χ4n) is 2.60. The monoisotopic (exact) mass is 293 g/mol. The molecule has 1 N–H and O–H groups in total. The van der Waals surface area contributed by atoms with Gasteiger partial charge in [-0.1, -0.05) is 0 Å². The van der Waals surface area contributed by atoms with Crippen LogP contribution in [0.2, 0.25) is 0 Å². The molecular formula is C13H15N3O5. The minimum absolute atomic E-state index is 0.0389. The van der Waals surface area contributed by atoms with Crippen LogP contribution in [-0.2, 0) is 23.9 Å². The van der Waals surface area contributed by atoms with Crippen molar-refractivity contribution in [1.29, 1.82) is 0 Å². The van der Waals surface area contributed by atoms with E-state index in [9.17, 15) is 14.4 Å². The lowest BCUT2D eigenvalue weighted by Gasteiger charge is -2.41. The fourth-order valence-corrected chi connectivity index (χ4v) is 2.60. The molecule has 0 aromatic heterocycles. The SMILES string of the molecule is COC(=O)C1CC(=O)N(N2C=CC=C3OCC(=O)NC32)C1. The number of hydrogen-bond donors (Lipinski definition) is 1. The van der Waals surface area contributed by atoms with E-state index >= 15 is 0 Å². The molecule has 3 heterocycles. The molecule has 2 amide bonds. The predicted molar refractivity (Wildman–Crippen MR) is 68.8 cm³/mol. The van der Waals surface area contributed by atoms with Crippen molar-refractivity contribution in [3.05, 3.63) is 24.1 Å². The molecule has 0 aromatic rings. The lowest BCUT2D eigenvalue weighted by Crippen LogP contribution is -2.58. The number of fused-ring (bicyclic) bond motifs is 1. The highest BCUT2D eigenvalue weighted by atomic mass is 16.5. The van der Waals surface area contributed by atoms with Crippen LogP contribution in [0.3, 0.4) is 0 Å². The van der Waals surface area contributed by atoms with E-state index in [2.05, 4.69) is 10.1 Å². The Hall–Kier alpha value is -2.51. The Bertz CT molecular complexity index is 556. The maximum atomic E-state index is 12.1. The highest BCUT2D eigenvalue weighted by molar-refractivity contribution is 5.86. The van der Waals surface area contributed by atoms with E-state index in [-0.39, 0.29) is 31.4 Å². The van der Waals surface area contributed by atoms with Crippen molar-refractivity contribution < 1.29 is 23.9 Å². The van der Waals surface area contributed by atoms with Gasteiger partial charge >= 0.3 is 5.97 Å². The summed E-state index contributed by atoms with van der Waals surface area (Å²) in [5.41, 5.74) is 0. The average molecular weight is 293 g/mol. The average Bonchev–Trinajstić information content (AvgIpc) is 2.87. The molecule has 0 aromatic carbocycles.